The van der Waals surface area contributed by atoms with E-state index in [1.165, 1.54) is 16.8 Å². The van der Waals surface area contributed by atoms with Crippen molar-refractivity contribution in [1.82, 2.24) is 9.29 Å². The third-order valence-corrected chi connectivity index (χ3v) is 6.17. The zero-order valence-corrected chi connectivity index (χ0v) is 18.0. The maximum absolute atomic E-state index is 12.6. The van der Waals surface area contributed by atoms with Crippen LogP contribution in [0.1, 0.15) is 37.2 Å². The van der Waals surface area contributed by atoms with Crippen molar-refractivity contribution >= 4 is 33.2 Å². The van der Waals surface area contributed by atoms with Gasteiger partial charge in [0.15, 0.2) is 0 Å². The van der Waals surface area contributed by atoms with E-state index in [1.807, 2.05) is 0 Å². The minimum Gasteiger partial charge on any atom is -0.368 e. The van der Waals surface area contributed by atoms with Crippen LogP contribution in [0, 0.1) is 0 Å². The van der Waals surface area contributed by atoms with Crippen LogP contribution in [-0.4, -0.2) is 43.6 Å². The minimum absolute atomic E-state index is 0.0241. The number of anilines is 2. The van der Waals surface area contributed by atoms with Crippen molar-refractivity contribution in [2.45, 2.75) is 43.7 Å². The molecule has 2 aromatic rings. The summed E-state index contributed by atoms with van der Waals surface area (Å²) in [4.78, 5) is 24.7. The molecule has 1 fully saturated rings. The summed E-state index contributed by atoms with van der Waals surface area (Å²) in [5.41, 5.74) is 1.32. The summed E-state index contributed by atoms with van der Waals surface area (Å²) in [6, 6.07) is 7.74. The monoisotopic (exact) mass is 434 g/mol. The maximum Gasteiger partial charge on any atom is 0.272 e. The van der Waals surface area contributed by atoms with Crippen molar-refractivity contribution in [3.05, 3.63) is 42.2 Å². The molecule has 1 aromatic heterocycles. The lowest BCUT2D eigenvalue weighted by Crippen LogP contribution is -2.29. The van der Waals surface area contributed by atoms with Gasteiger partial charge in [-0.3, -0.25) is 9.59 Å². The summed E-state index contributed by atoms with van der Waals surface area (Å²) in [5.74, 6) is -0.628. The summed E-state index contributed by atoms with van der Waals surface area (Å²) in [6.45, 7) is 4.04. The highest BCUT2D eigenvalue weighted by atomic mass is 32.2. The summed E-state index contributed by atoms with van der Waals surface area (Å²) in [6.07, 6.45) is 2.56. The van der Waals surface area contributed by atoms with Crippen LogP contribution in [0.3, 0.4) is 0 Å². The van der Waals surface area contributed by atoms with Gasteiger partial charge in [-0.15, -0.1) is 0 Å². The van der Waals surface area contributed by atoms with Gasteiger partial charge in [0.2, 0.25) is 10.0 Å². The lowest BCUT2D eigenvalue weighted by Gasteiger charge is -2.11. The van der Waals surface area contributed by atoms with Crippen LogP contribution in [-0.2, 0) is 26.6 Å². The van der Waals surface area contributed by atoms with Gasteiger partial charge in [-0.05, 0) is 57.0 Å². The predicted molar refractivity (Wildman–Crippen MR) is 113 cm³/mol. The lowest BCUT2D eigenvalue weighted by molar-refractivity contribution is -0.124. The van der Waals surface area contributed by atoms with E-state index < -0.39 is 22.0 Å². The van der Waals surface area contributed by atoms with Crippen LogP contribution in [0.5, 0.6) is 0 Å². The number of aryl methyl sites for hydroxylation is 1. The van der Waals surface area contributed by atoms with Gasteiger partial charge in [-0.1, -0.05) is 0 Å². The van der Waals surface area contributed by atoms with Crippen molar-refractivity contribution in [3.8, 4) is 0 Å². The van der Waals surface area contributed by atoms with Crippen molar-refractivity contribution in [2.75, 3.05) is 17.2 Å². The molecule has 2 amide bonds. The fraction of sp³-hybridized carbons (Fsp3) is 0.400. The number of aromatic nitrogens is 1. The third kappa shape index (κ3) is 5.26. The first-order valence-corrected chi connectivity index (χ1v) is 11.2. The number of nitrogens with one attached hydrogen (secondary N) is 3. The number of benzene rings is 1. The molecule has 1 saturated heterocycles. The second kappa shape index (κ2) is 8.99. The van der Waals surface area contributed by atoms with Crippen LogP contribution in [0.2, 0.25) is 0 Å². The van der Waals surface area contributed by atoms with Gasteiger partial charge in [-0.2, -0.15) is 0 Å². The van der Waals surface area contributed by atoms with E-state index in [2.05, 4.69) is 15.4 Å². The van der Waals surface area contributed by atoms with Gasteiger partial charge in [0.25, 0.3) is 11.8 Å². The molecule has 9 nitrogen and oxygen atoms in total. The van der Waals surface area contributed by atoms with E-state index in [0.717, 1.165) is 6.42 Å². The zero-order chi connectivity index (χ0) is 21.9. The predicted octanol–water partition coefficient (Wildman–Crippen LogP) is 2.08. The highest BCUT2D eigenvalue weighted by Gasteiger charge is 2.24. The Kier molecular flexibility index (Phi) is 6.59. The molecule has 1 unspecified atom stereocenters. The third-order valence-electron chi connectivity index (χ3n) is 4.55. The van der Waals surface area contributed by atoms with Gasteiger partial charge in [0.1, 0.15) is 16.7 Å². The summed E-state index contributed by atoms with van der Waals surface area (Å²) >= 11 is 0. The summed E-state index contributed by atoms with van der Waals surface area (Å²) in [7, 11) is -2.09. The fourth-order valence-electron chi connectivity index (χ4n) is 3.12. The maximum atomic E-state index is 12.6. The van der Waals surface area contributed by atoms with Gasteiger partial charge in [0.05, 0.1) is 0 Å². The highest BCUT2D eigenvalue weighted by molar-refractivity contribution is 7.89. The quantitative estimate of drug-likeness (QED) is 0.617. The van der Waals surface area contributed by atoms with Crippen LogP contribution < -0.4 is 15.4 Å². The Labute approximate surface area is 175 Å². The molecule has 1 aliphatic heterocycles. The molecule has 0 aliphatic carbocycles. The van der Waals surface area contributed by atoms with Gasteiger partial charge in [-0.25, -0.2) is 13.1 Å². The number of nitrogens with zero attached hydrogens (tertiary/aromatic N) is 1. The number of ether oxygens (including phenoxy) is 1. The Morgan fingerprint density at radius 2 is 1.77 bits per heavy atom. The SMILES string of the molecule is CC(C)NS(=O)(=O)c1cc(C(=O)Nc2ccc(NC(=O)C3CCCO3)cc2)n(C)c1. The Morgan fingerprint density at radius 3 is 2.33 bits per heavy atom. The number of hydrogen-bond acceptors (Lipinski definition) is 5. The minimum atomic E-state index is -3.69. The second-order valence-electron chi connectivity index (χ2n) is 7.47. The molecular weight excluding hydrogens is 408 g/mol. The molecule has 2 heterocycles. The molecule has 3 N–H and O–H groups in total. The molecule has 1 aromatic carbocycles. The Bertz CT molecular complexity index is 1020. The van der Waals surface area contributed by atoms with E-state index in [-0.39, 0.29) is 22.5 Å². The molecule has 0 spiro atoms. The number of carbonyl (C=O) groups excluding carboxylic acids is 2. The molecule has 0 saturated carbocycles. The molecular formula is C20H26N4O5S. The number of rotatable bonds is 7. The first kappa shape index (κ1) is 22.0. The molecule has 3 rings (SSSR count). The average Bonchev–Trinajstić information content (AvgIpc) is 3.32. The first-order valence-electron chi connectivity index (χ1n) is 9.68. The summed E-state index contributed by atoms with van der Waals surface area (Å²) in [5, 5.41) is 5.51. The van der Waals surface area contributed by atoms with Crippen LogP contribution in [0.25, 0.3) is 0 Å². The van der Waals surface area contributed by atoms with E-state index in [1.54, 1.807) is 45.2 Å². The largest absolute Gasteiger partial charge is 0.368 e. The van der Waals surface area contributed by atoms with E-state index in [9.17, 15) is 18.0 Å². The zero-order valence-electron chi connectivity index (χ0n) is 17.1. The molecule has 162 valence electrons. The van der Waals surface area contributed by atoms with E-state index in [0.29, 0.717) is 24.4 Å². The van der Waals surface area contributed by atoms with Crippen molar-refractivity contribution < 1.29 is 22.7 Å². The Hall–Kier alpha value is -2.69. The number of sulfonamides is 1. The molecule has 1 aliphatic rings. The summed E-state index contributed by atoms with van der Waals surface area (Å²) < 4.78 is 33.9. The second-order valence-corrected chi connectivity index (χ2v) is 9.18. The van der Waals surface area contributed by atoms with Crippen molar-refractivity contribution in [3.63, 3.8) is 0 Å². The first-order chi connectivity index (χ1) is 14.2. The number of hydrogen-bond donors (Lipinski definition) is 3. The highest BCUT2D eigenvalue weighted by Crippen LogP contribution is 2.19. The van der Waals surface area contributed by atoms with Crippen molar-refractivity contribution in [1.29, 1.82) is 0 Å². The topological polar surface area (TPSA) is 119 Å². The van der Waals surface area contributed by atoms with Gasteiger partial charge >= 0.3 is 0 Å². The molecule has 0 bridgehead atoms. The van der Waals surface area contributed by atoms with Gasteiger partial charge < -0.3 is 19.9 Å². The lowest BCUT2D eigenvalue weighted by atomic mass is 10.2. The molecule has 1 atom stereocenters. The standard InChI is InChI=1S/C20H26N4O5S/c1-13(2)23-30(27,28)16-11-17(24(3)12-16)19(25)21-14-6-8-15(9-7-14)22-20(26)18-5-4-10-29-18/h6-9,11-13,18,23H,4-5,10H2,1-3H3,(H,21,25)(H,22,26). The average molecular weight is 435 g/mol. The van der Waals surface area contributed by atoms with Crippen molar-refractivity contribution in [2.24, 2.45) is 7.05 Å². The number of carbonyl (C=O) groups is 2. The normalized spacial score (nSPS) is 16.6. The smallest absolute Gasteiger partial charge is 0.272 e. The Morgan fingerprint density at radius 1 is 1.13 bits per heavy atom. The fourth-order valence-corrected chi connectivity index (χ4v) is 4.44. The van der Waals surface area contributed by atoms with Crippen LogP contribution >= 0.6 is 0 Å². The molecule has 0 radical (unpaired) electrons. The van der Waals surface area contributed by atoms with Gasteiger partial charge in [0, 0.05) is 37.3 Å². The van der Waals surface area contributed by atoms with Crippen LogP contribution in [0.15, 0.2) is 41.4 Å². The van der Waals surface area contributed by atoms with Crippen LogP contribution in [0.4, 0.5) is 11.4 Å². The molecule has 30 heavy (non-hydrogen) atoms. The number of amides is 2. The molecule has 10 heteroatoms. The van der Waals surface area contributed by atoms with E-state index >= 15 is 0 Å². The van der Waals surface area contributed by atoms with E-state index in [4.69, 9.17) is 4.74 Å². The Balaban J connectivity index is 1.65.